The molecule has 0 radical (unpaired) electrons. The second-order valence-corrected chi connectivity index (χ2v) is 6.51. The molecule has 2 aromatic rings. The van der Waals surface area contributed by atoms with Crippen LogP contribution >= 0.6 is 43.2 Å². The molecule has 0 aromatic carbocycles. The molecule has 0 atom stereocenters. The van der Waals surface area contributed by atoms with E-state index in [1.807, 2.05) is 12.3 Å². The lowest BCUT2D eigenvalue weighted by atomic mass is 10.3. The number of hydrogen-bond acceptors (Lipinski definition) is 3. The van der Waals surface area contributed by atoms with Crippen molar-refractivity contribution in [1.82, 2.24) is 4.98 Å². The molecule has 2 heterocycles. The highest BCUT2D eigenvalue weighted by Crippen LogP contribution is 2.26. The predicted octanol–water partition coefficient (Wildman–Crippen LogP) is 4.35. The average Bonchev–Trinajstić information content (AvgIpc) is 2.78. The number of pyridine rings is 1. The topological polar surface area (TPSA) is 16.1 Å². The van der Waals surface area contributed by atoms with Crippen LogP contribution in [0.3, 0.4) is 0 Å². The van der Waals surface area contributed by atoms with Gasteiger partial charge in [-0.15, -0.1) is 11.3 Å². The van der Waals surface area contributed by atoms with Crippen molar-refractivity contribution in [2.45, 2.75) is 6.42 Å². The second kappa shape index (κ2) is 5.98. The van der Waals surface area contributed by atoms with E-state index < -0.39 is 0 Å². The highest BCUT2D eigenvalue weighted by atomic mass is 79.9. The Labute approximate surface area is 122 Å². The molecule has 0 amide bonds. The summed E-state index contributed by atoms with van der Waals surface area (Å²) in [6, 6.07) is 6.28. The zero-order chi connectivity index (χ0) is 12.3. The van der Waals surface area contributed by atoms with Gasteiger partial charge >= 0.3 is 0 Å². The van der Waals surface area contributed by atoms with E-state index in [1.54, 1.807) is 11.3 Å². The number of thiophene rings is 1. The van der Waals surface area contributed by atoms with Gasteiger partial charge in [0.1, 0.15) is 5.82 Å². The molecule has 90 valence electrons. The summed E-state index contributed by atoms with van der Waals surface area (Å²) >= 11 is 8.74. The number of halogens is 2. The monoisotopic (exact) mass is 374 g/mol. The summed E-state index contributed by atoms with van der Waals surface area (Å²) in [6.45, 7) is 0.966. The Bertz CT molecular complexity index is 485. The Kier molecular flexibility index (Phi) is 4.59. The fourth-order valence-corrected chi connectivity index (χ4v) is 3.52. The quantitative estimate of drug-likeness (QED) is 0.789. The fraction of sp³-hybridized carbons (Fsp3) is 0.250. The van der Waals surface area contributed by atoms with Gasteiger partial charge in [0.15, 0.2) is 0 Å². The molecule has 5 heteroatoms. The summed E-state index contributed by atoms with van der Waals surface area (Å²) in [5.74, 6) is 0.977. The Balaban J connectivity index is 2.01. The molecule has 0 aliphatic heterocycles. The van der Waals surface area contributed by atoms with E-state index >= 15 is 0 Å². The average molecular weight is 376 g/mol. The summed E-state index contributed by atoms with van der Waals surface area (Å²) in [7, 11) is 2.06. The van der Waals surface area contributed by atoms with Gasteiger partial charge in [0.25, 0.3) is 0 Å². The second-order valence-electron chi connectivity index (χ2n) is 3.71. The predicted molar refractivity (Wildman–Crippen MR) is 80.9 cm³/mol. The van der Waals surface area contributed by atoms with Gasteiger partial charge < -0.3 is 4.90 Å². The van der Waals surface area contributed by atoms with Crippen LogP contribution in [0.5, 0.6) is 0 Å². The van der Waals surface area contributed by atoms with Gasteiger partial charge in [0.05, 0.1) is 4.47 Å². The molecule has 0 saturated heterocycles. The number of anilines is 1. The summed E-state index contributed by atoms with van der Waals surface area (Å²) in [4.78, 5) is 7.98. The third-order valence-corrected chi connectivity index (χ3v) is 4.38. The molecule has 2 aromatic heterocycles. The van der Waals surface area contributed by atoms with Crippen LogP contribution in [0, 0.1) is 0 Å². The molecule has 0 spiro atoms. The van der Waals surface area contributed by atoms with Crippen molar-refractivity contribution in [1.29, 1.82) is 0 Å². The molecule has 0 N–H and O–H groups in total. The van der Waals surface area contributed by atoms with E-state index in [4.69, 9.17) is 0 Å². The number of rotatable bonds is 4. The van der Waals surface area contributed by atoms with E-state index in [2.05, 4.69) is 66.3 Å². The molecular formula is C12H12Br2N2S. The third-order valence-electron chi connectivity index (χ3n) is 2.42. The molecule has 0 aliphatic rings. The summed E-state index contributed by atoms with van der Waals surface area (Å²) in [5.41, 5.74) is 0. The summed E-state index contributed by atoms with van der Waals surface area (Å²) in [5, 5.41) is 2.11. The Hall–Kier alpha value is -0.390. The first kappa shape index (κ1) is 13.1. The minimum atomic E-state index is 0.966. The van der Waals surface area contributed by atoms with Crippen LogP contribution in [-0.2, 0) is 6.42 Å². The maximum Gasteiger partial charge on any atom is 0.142 e. The standard InChI is InChI=1S/C12H12Br2N2S/c1-16(5-4-10-3-2-6-17-10)12-11(14)7-9(13)8-15-12/h2-3,6-8H,4-5H2,1H3. The summed E-state index contributed by atoms with van der Waals surface area (Å²) in [6.07, 6.45) is 2.88. The van der Waals surface area contributed by atoms with E-state index in [9.17, 15) is 0 Å². The molecule has 0 fully saturated rings. The van der Waals surface area contributed by atoms with Crippen molar-refractivity contribution in [2.75, 3.05) is 18.5 Å². The lowest BCUT2D eigenvalue weighted by Gasteiger charge is -2.19. The lowest BCUT2D eigenvalue weighted by molar-refractivity contribution is 0.865. The van der Waals surface area contributed by atoms with Crippen LogP contribution in [0.25, 0.3) is 0 Å². The number of hydrogen-bond donors (Lipinski definition) is 0. The minimum absolute atomic E-state index is 0.966. The smallest absolute Gasteiger partial charge is 0.142 e. The van der Waals surface area contributed by atoms with Gasteiger partial charge in [-0.1, -0.05) is 6.07 Å². The molecule has 0 unspecified atom stereocenters. The highest BCUT2D eigenvalue weighted by molar-refractivity contribution is 9.11. The molecule has 0 saturated carbocycles. The van der Waals surface area contributed by atoms with Gasteiger partial charge in [0, 0.05) is 29.1 Å². The highest BCUT2D eigenvalue weighted by Gasteiger charge is 2.08. The molecular weight excluding hydrogens is 364 g/mol. The fourth-order valence-electron chi connectivity index (χ4n) is 1.53. The van der Waals surface area contributed by atoms with Crippen LogP contribution in [0.4, 0.5) is 5.82 Å². The van der Waals surface area contributed by atoms with Crippen molar-refractivity contribution in [3.8, 4) is 0 Å². The van der Waals surface area contributed by atoms with Gasteiger partial charge in [-0.25, -0.2) is 4.98 Å². The van der Waals surface area contributed by atoms with Crippen LogP contribution < -0.4 is 4.90 Å². The number of likely N-dealkylation sites (N-methyl/N-ethyl adjacent to an activating group) is 1. The van der Waals surface area contributed by atoms with Crippen molar-refractivity contribution in [3.05, 3.63) is 43.6 Å². The van der Waals surface area contributed by atoms with Crippen molar-refractivity contribution < 1.29 is 0 Å². The van der Waals surface area contributed by atoms with Crippen molar-refractivity contribution >= 4 is 49.0 Å². The van der Waals surface area contributed by atoms with Crippen LogP contribution in [0.1, 0.15) is 4.88 Å². The van der Waals surface area contributed by atoms with E-state index in [1.165, 1.54) is 4.88 Å². The summed E-state index contributed by atoms with van der Waals surface area (Å²) < 4.78 is 2.00. The largest absolute Gasteiger partial charge is 0.358 e. The van der Waals surface area contributed by atoms with Crippen LogP contribution in [0.2, 0.25) is 0 Å². The zero-order valence-electron chi connectivity index (χ0n) is 9.36. The Morgan fingerprint density at radius 1 is 1.41 bits per heavy atom. The molecule has 0 aliphatic carbocycles. The third kappa shape index (κ3) is 3.53. The molecule has 0 bridgehead atoms. The maximum absolute atomic E-state index is 4.41. The normalized spacial score (nSPS) is 10.5. The maximum atomic E-state index is 4.41. The van der Waals surface area contributed by atoms with E-state index in [0.29, 0.717) is 0 Å². The van der Waals surface area contributed by atoms with Crippen LogP contribution in [-0.4, -0.2) is 18.6 Å². The van der Waals surface area contributed by atoms with E-state index in [-0.39, 0.29) is 0 Å². The first-order valence-corrected chi connectivity index (χ1v) is 7.68. The molecule has 2 rings (SSSR count). The SMILES string of the molecule is CN(CCc1cccs1)c1ncc(Br)cc1Br. The number of aromatic nitrogens is 1. The first-order chi connectivity index (χ1) is 8.16. The number of nitrogens with zero attached hydrogens (tertiary/aromatic N) is 2. The minimum Gasteiger partial charge on any atom is -0.358 e. The van der Waals surface area contributed by atoms with Crippen LogP contribution in [0.15, 0.2) is 38.7 Å². The molecule has 2 nitrogen and oxygen atoms in total. The Morgan fingerprint density at radius 2 is 2.24 bits per heavy atom. The van der Waals surface area contributed by atoms with Gasteiger partial charge in [-0.05, 0) is 55.8 Å². The van der Waals surface area contributed by atoms with Crippen molar-refractivity contribution in [2.24, 2.45) is 0 Å². The van der Waals surface area contributed by atoms with Gasteiger partial charge in [0.2, 0.25) is 0 Å². The van der Waals surface area contributed by atoms with Gasteiger partial charge in [-0.2, -0.15) is 0 Å². The van der Waals surface area contributed by atoms with E-state index in [0.717, 1.165) is 27.7 Å². The first-order valence-electron chi connectivity index (χ1n) is 5.21. The zero-order valence-corrected chi connectivity index (χ0v) is 13.3. The van der Waals surface area contributed by atoms with Crippen molar-refractivity contribution in [3.63, 3.8) is 0 Å². The Morgan fingerprint density at radius 3 is 2.88 bits per heavy atom. The van der Waals surface area contributed by atoms with Gasteiger partial charge in [-0.3, -0.25) is 0 Å². The lowest BCUT2D eigenvalue weighted by Crippen LogP contribution is -2.21. The molecule has 17 heavy (non-hydrogen) atoms.